The fourth-order valence-corrected chi connectivity index (χ4v) is 2.47. The lowest BCUT2D eigenvalue weighted by Gasteiger charge is -2.06. The van der Waals surface area contributed by atoms with Crippen LogP contribution in [0.15, 0.2) is 12.7 Å². The van der Waals surface area contributed by atoms with E-state index in [4.69, 9.17) is 0 Å². The van der Waals surface area contributed by atoms with E-state index >= 15 is 0 Å². The molecule has 0 amide bonds. The van der Waals surface area contributed by atoms with E-state index in [1.165, 1.54) is 0 Å². The van der Waals surface area contributed by atoms with Crippen LogP contribution in [0.2, 0.25) is 0 Å². The number of rotatable bonds is 7. The summed E-state index contributed by atoms with van der Waals surface area (Å²) < 4.78 is 0. The lowest BCUT2D eigenvalue weighted by Crippen LogP contribution is -2.29. The van der Waals surface area contributed by atoms with E-state index in [0.29, 0.717) is 10.8 Å². The monoisotopic (exact) mass is 210 g/mol. The highest BCUT2D eigenvalue weighted by atomic mass is 15.0. The zero-order chi connectivity index (χ0) is 11.5. The fourth-order valence-electron chi connectivity index (χ4n) is 2.47. The second kappa shape index (κ2) is 4.67. The third-order valence-corrected chi connectivity index (χ3v) is 4.44. The van der Waals surface area contributed by atoms with Crippen molar-refractivity contribution in [3.8, 4) is 0 Å². The predicted molar refractivity (Wildman–Crippen MR) is 67.0 cm³/mol. The standard InChI is InChI=1S/C13H26N2/c1-6-7-14-8-9-15-10-11-12(2,3)13(11,4)5/h6,11,14-15H,1,7-10H2,2-5H3. The number of hydrogen-bond donors (Lipinski definition) is 2. The Morgan fingerprint density at radius 1 is 1.07 bits per heavy atom. The highest BCUT2D eigenvalue weighted by Gasteiger charge is 2.63. The molecular formula is C13H26N2. The van der Waals surface area contributed by atoms with Gasteiger partial charge in [-0.2, -0.15) is 0 Å². The first kappa shape index (κ1) is 12.7. The van der Waals surface area contributed by atoms with Crippen LogP contribution in [0.3, 0.4) is 0 Å². The van der Waals surface area contributed by atoms with Gasteiger partial charge in [-0.25, -0.2) is 0 Å². The summed E-state index contributed by atoms with van der Waals surface area (Å²) in [5.74, 6) is 0.824. The molecule has 1 saturated carbocycles. The third-order valence-electron chi connectivity index (χ3n) is 4.44. The van der Waals surface area contributed by atoms with Gasteiger partial charge in [-0.05, 0) is 23.3 Å². The molecule has 0 atom stereocenters. The Hall–Kier alpha value is -0.340. The zero-order valence-corrected chi connectivity index (χ0v) is 10.7. The molecule has 0 heterocycles. The van der Waals surface area contributed by atoms with Crippen LogP contribution in [0.25, 0.3) is 0 Å². The lowest BCUT2D eigenvalue weighted by molar-refractivity contribution is 0.457. The fraction of sp³-hybridized carbons (Fsp3) is 0.846. The van der Waals surface area contributed by atoms with Gasteiger partial charge in [0.05, 0.1) is 0 Å². The molecule has 0 spiro atoms. The van der Waals surface area contributed by atoms with E-state index in [2.05, 4.69) is 44.9 Å². The Labute approximate surface area is 94.5 Å². The van der Waals surface area contributed by atoms with Crippen molar-refractivity contribution in [3.05, 3.63) is 12.7 Å². The largest absolute Gasteiger partial charge is 0.315 e. The van der Waals surface area contributed by atoms with E-state index in [1.807, 2.05) is 6.08 Å². The minimum absolute atomic E-state index is 0.508. The quantitative estimate of drug-likeness (QED) is 0.496. The summed E-state index contributed by atoms with van der Waals surface area (Å²) >= 11 is 0. The molecule has 0 aromatic carbocycles. The Kier molecular flexibility index (Phi) is 3.96. The Balaban J connectivity index is 2.05. The first-order chi connectivity index (χ1) is 6.94. The highest BCUT2D eigenvalue weighted by molar-refractivity contribution is 5.12. The maximum Gasteiger partial charge on any atom is 0.0132 e. The van der Waals surface area contributed by atoms with Gasteiger partial charge in [-0.15, -0.1) is 6.58 Å². The van der Waals surface area contributed by atoms with Gasteiger partial charge in [0, 0.05) is 19.6 Å². The van der Waals surface area contributed by atoms with Gasteiger partial charge in [0.15, 0.2) is 0 Å². The molecule has 0 aromatic rings. The van der Waals surface area contributed by atoms with E-state index < -0.39 is 0 Å². The molecule has 15 heavy (non-hydrogen) atoms. The van der Waals surface area contributed by atoms with Crippen molar-refractivity contribution in [3.63, 3.8) is 0 Å². The van der Waals surface area contributed by atoms with Crippen molar-refractivity contribution in [1.82, 2.24) is 10.6 Å². The predicted octanol–water partition coefficient (Wildman–Crippen LogP) is 2.03. The molecule has 88 valence electrons. The summed E-state index contributed by atoms with van der Waals surface area (Å²) in [5.41, 5.74) is 1.02. The molecular weight excluding hydrogens is 184 g/mol. The highest BCUT2D eigenvalue weighted by Crippen LogP contribution is 2.67. The van der Waals surface area contributed by atoms with E-state index in [1.54, 1.807) is 0 Å². The molecule has 0 saturated heterocycles. The van der Waals surface area contributed by atoms with Crippen LogP contribution < -0.4 is 10.6 Å². The first-order valence-electron chi connectivity index (χ1n) is 5.97. The molecule has 2 N–H and O–H groups in total. The summed E-state index contributed by atoms with van der Waals surface area (Å²) in [4.78, 5) is 0. The average molecular weight is 210 g/mol. The van der Waals surface area contributed by atoms with Gasteiger partial charge >= 0.3 is 0 Å². The van der Waals surface area contributed by atoms with Gasteiger partial charge in [0.2, 0.25) is 0 Å². The van der Waals surface area contributed by atoms with Crippen LogP contribution in [0.4, 0.5) is 0 Å². The smallest absolute Gasteiger partial charge is 0.0132 e. The maximum absolute atomic E-state index is 3.67. The normalized spacial score (nSPS) is 22.7. The van der Waals surface area contributed by atoms with E-state index in [9.17, 15) is 0 Å². The molecule has 0 unspecified atom stereocenters. The summed E-state index contributed by atoms with van der Waals surface area (Å²) in [7, 11) is 0. The number of hydrogen-bond acceptors (Lipinski definition) is 2. The summed E-state index contributed by atoms with van der Waals surface area (Å²) in [5, 5.41) is 6.81. The average Bonchev–Trinajstić information content (AvgIpc) is 2.52. The van der Waals surface area contributed by atoms with Crippen molar-refractivity contribution < 1.29 is 0 Å². The molecule has 1 rings (SSSR count). The summed E-state index contributed by atoms with van der Waals surface area (Å²) in [6, 6.07) is 0. The van der Waals surface area contributed by atoms with Crippen molar-refractivity contribution in [2.24, 2.45) is 16.7 Å². The van der Waals surface area contributed by atoms with Crippen LogP contribution >= 0.6 is 0 Å². The second-order valence-corrected chi connectivity index (χ2v) is 5.69. The summed E-state index contributed by atoms with van der Waals surface area (Å²) in [6.07, 6.45) is 1.90. The topological polar surface area (TPSA) is 24.1 Å². The SMILES string of the molecule is C=CCNCCNCC1C(C)(C)C1(C)C. The minimum Gasteiger partial charge on any atom is -0.315 e. The molecule has 2 nitrogen and oxygen atoms in total. The van der Waals surface area contributed by atoms with Crippen LogP contribution in [0, 0.1) is 16.7 Å². The molecule has 1 fully saturated rings. The van der Waals surface area contributed by atoms with Crippen molar-refractivity contribution in [2.75, 3.05) is 26.2 Å². The van der Waals surface area contributed by atoms with Crippen LogP contribution in [-0.4, -0.2) is 26.2 Å². The third kappa shape index (κ3) is 2.61. The van der Waals surface area contributed by atoms with E-state index in [-0.39, 0.29) is 0 Å². The van der Waals surface area contributed by atoms with Crippen molar-refractivity contribution in [1.29, 1.82) is 0 Å². The van der Waals surface area contributed by atoms with Crippen molar-refractivity contribution >= 4 is 0 Å². The van der Waals surface area contributed by atoms with Gasteiger partial charge in [-0.1, -0.05) is 33.8 Å². The van der Waals surface area contributed by atoms with Gasteiger partial charge < -0.3 is 10.6 Å². The molecule has 1 aliphatic carbocycles. The number of nitrogens with one attached hydrogen (secondary N) is 2. The second-order valence-electron chi connectivity index (χ2n) is 5.69. The Morgan fingerprint density at radius 2 is 1.60 bits per heavy atom. The van der Waals surface area contributed by atoms with Crippen molar-refractivity contribution in [2.45, 2.75) is 27.7 Å². The van der Waals surface area contributed by atoms with Crippen LogP contribution in [0.5, 0.6) is 0 Å². The Morgan fingerprint density at radius 3 is 2.07 bits per heavy atom. The van der Waals surface area contributed by atoms with Gasteiger partial charge in [-0.3, -0.25) is 0 Å². The molecule has 0 bridgehead atoms. The maximum atomic E-state index is 3.67. The molecule has 2 heteroatoms. The molecule has 0 aliphatic heterocycles. The summed E-state index contributed by atoms with van der Waals surface area (Å²) in [6.45, 7) is 17.3. The Bertz CT molecular complexity index is 205. The lowest BCUT2D eigenvalue weighted by atomic mass is 10.0. The minimum atomic E-state index is 0.508. The first-order valence-corrected chi connectivity index (χ1v) is 5.97. The molecule has 0 aromatic heterocycles. The van der Waals surface area contributed by atoms with E-state index in [0.717, 1.165) is 32.1 Å². The van der Waals surface area contributed by atoms with Crippen LogP contribution in [0.1, 0.15) is 27.7 Å². The zero-order valence-electron chi connectivity index (χ0n) is 10.7. The van der Waals surface area contributed by atoms with Gasteiger partial charge in [0.25, 0.3) is 0 Å². The molecule has 1 aliphatic rings. The van der Waals surface area contributed by atoms with Crippen LogP contribution in [-0.2, 0) is 0 Å². The van der Waals surface area contributed by atoms with Gasteiger partial charge in [0.1, 0.15) is 0 Å². The molecule has 0 radical (unpaired) electrons.